The number of piperidine rings is 1. The zero-order valence-electron chi connectivity index (χ0n) is 19.1. The van der Waals surface area contributed by atoms with E-state index >= 15 is 0 Å². The fourth-order valence-corrected chi connectivity index (χ4v) is 4.86. The van der Waals surface area contributed by atoms with E-state index in [9.17, 15) is 9.59 Å². The van der Waals surface area contributed by atoms with Gasteiger partial charge in [0.15, 0.2) is 0 Å². The van der Waals surface area contributed by atoms with Crippen LogP contribution in [0, 0.1) is 0 Å². The number of rotatable bonds is 4. The van der Waals surface area contributed by atoms with Crippen LogP contribution in [0.5, 0.6) is 0 Å². The number of carbonyl (C=O) groups excluding carboxylic acids is 1. The van der Waals surface area contributed by atoms with E-state index in [-0.39, 0.29) is 22.3 Å². The summed E-state index contributed by atoms with van der Waals surface area (Å²) in [5, 5.41) is 0. The van der Waals surface area contributed by atoms with Crippen LogP contribution in [0.2, 0.25) is 0 Å². The van der Waals surface area contributed by atoms with Gasteiger partial charge < -0.3 is 9.88 Å². The predicted molar refractivity (Wildman–Crippen MR) is 120 cm³/mol. The molecule has 1 saturated heterocycles. The van der Waals surface area contributed by atoms with Crippen LogP contribution in [-0.2, 0) is 28.6 Å². The molecule has 0 bridgehead atoms. The molecule has 1 aliphatic carbocycles. The summed E-state index contributed by atoms with van der Waals surface area (Å²) in [6.07, 6.45) is 7.04. The Kier molecular flexibility index (Phi) is 5.73. The molecule has 0 unspecified atom stereocenters. The lowest BCUT2D eigenvalue weighted by molar-refractivity contribution is -0.133. The summed E-state index contributed by atoms with van der Waals surface area (Å²) < 4.78 is 0. The number of nitrogens with one attached hydrogen (secondary N) is 1. The van der Waals surface area contributed by atoms with Gasteiger partial charge in [0.05, 0.1) is 12.2 Å². The van der Waals surface area contributed by atoms with Crippen LogP contribution in [-0.4, -0.2) is 57.3 Å². The number of pyridine rings is 1. The molecule has 0 aromatic carbocycles. The first-order chi connectivity index (χ1) is 14.7. The van der Waals surface area contributed by atoms with Crippen molar-refractivity contribution >= 4 is 5.91 Å². The molecule has 7 heteroatoms. The highest BCUT2D eigenvalue weighted by molar-refractivity contribution is 5.78. The molecule has 2 aromatic heterocycles. The molecule has 31 heavy (non-hydrogen) atoms. The molecule has 1 amide bonds. The van der Waals surface area contributed by atoms with Crippen LogP contribution in [0.1, 0.15) is 62.7 Å². The molecule has 0 radical (unpaired) electrons. The number of aromatic amines is 1. The molecule has 4 rings (SSSR count). The van der Waals surface area contributed by atoms with Crippen molar-refractivity contribution in [2.24, 2.45) is 0 Å². The summed E-state index contributed by atoms with van der Waals surface area (Å²) in [4.78, 5) is 41.6. The van der Waals surface area contributed by atoms with Crippen LogP contribution < -0.4 is 5.56 Å². The summed E-state index contributed by atoms with van der Waals surface area (Å²) in [6.45, 7) is 8.79. The third-order valence-electron chi connectivity index (χ3n) is 6.76. The van der Waals surface area contributed by atoms with Crippen LogP contribution >= 0.6 is 0 Å². The number of aromatic nitrogens is 3. The van der Waals surface area contributed by atoms with Crippen molar-refractivity contribution < 1.29 is 4.79 Å². The van der Waals surface area contributed by atoms with Gasteiger partial charge in [0, 0.05) is 48.4 Å². The van der Waals surface area contributed by atoms with Gasteiger partial charge in [0.1, 0.15) is 5.82 Å². The zero-order valence-corrected chi connectivity index (χ0v) is 19.1. The van der Waals surface area contributed by atoms with E-state index in [0.29, 0.717) is 6.54 Å². The second kappa shape index (κ2) is 8.19. The van der Waals surface area contributed by atoms with Crippen molar-refractivity contribution in [2.75, 3.05) is 26.7 Å². The van der Waals surface area contributed by atoms with Gasteiger partial charge in [-0.1, -0.05) is 20.8 Å². The van der Waals surface area contributed by atoms with Crippen LogP contribution in [0.3, 0.4) is 0 Å². The second-order valence-electron chi connectivity index (χ2n) is 10.2. The Balaban J connectivity index is 1.42. The normalized spacial score (nSPS) is 17.9. The van der Waals surface area contributed by atoms with Crippen LogP contribution in [0.15, 0.2) is 29.3 Å². The Morgan fingerprint density at radius 2 is 1.87 bits per heavy atom. The van der Waals surface area contributed by atoms with Crippen molar-refractivity contribution in [3.8, 4) is 0 Å². The van der Waals surface area contributed by atoms with Crippen molar-refractivity contribution in [3.05, 3.63) is 57.5 Å². The maximum Gasteiger partial charge on any atom is 0.254 e. The zero-order chi connectivity index (χ0) is 22.2. The van der Waals surface area contributed by atoms with Gasteiger partial charge in [-0.05, 0) is 50.4 Å². The minimum Gasteiger partial charge on any atom is -0.342 e. The van der Waals surface area contributed by atoms with Crippen molar-refractivity contribution in [3.63, 3.8) is 0 Å². The summed E-state index contributed by atoms with van der Waals surface area (Å²) >= 11 is 0. The van der Waals surface area contributed by atoms with E-state index in [1.807, 2.05) is 29.0 Å². The third-order valence-corrected chi connectivity index (χ3v) is 6.76. The quantitative estimate of drug-likeness (QED) is 0.817. The number of carbonyl (C=O) groups is 1. The number of hydrogen-bond donors (Lipinski definition) is 1. The fraction of sp³-hybridized carbons (Fsp3) is 0.583. The summed E-state index contributed by atoms with van der Waals surface area (Å²) in [6, 6.07) is 3.95. The first kappa shape index (κ1) is 21.7. The highest BCUT2D eigenvalue weighted by Gasteiger charge is 2.45. The van der Waals surface area contributed by atoms with E-state index in [4.69, 9.17) is 4.98 Å². The van der Waals surface area contributed by atoms with Crippen molar-refractivity contribution in [2.45, 2.75) is 63.8 Å². The van der Waals surface area contributed by atoms with Gasteiger partial charge in [-0.15, -0.1) is 0 Å². The molecule has 0 atom stereocenters. The SMILES string of the molecule is CN(CC(=O)N1CCC2(CCc3c2nc(C(C)(C)C)[nH]c3=O)CC1)Cc1ccncc1. The first-order valence-electron chi connectivity index (χ1n) is 11.2. The lowest BCUT2D eigenvalue weighted by atomic mass is 9.76. The summed E-state index contributed by atoms with van der Waals surface area (Å²) in [5.74, 6) is 0.924. The minimum atomic E-state index is -0.200. The van der Waals surface area contributed by atoms with E-state index < -0.39 is 0 Å². The molecule has 1 spiro atoms. The van der Waals surface area contributed by atoms with Gasteiger partial charge in [0.25, 0.3) is 5.56 Å². The fourth-order valence-electron chi connectivity index (χ4n) is 4.86. The minimum absolute atomic E-state index is 0.0167. The Morgan fingerprint density at radius 3 is 2.52 bits per heavy atom. The van der Waals surface area contributed by atoms with Gasteiger partial charge in [-0.2, -0.15) is 0 Å². The highest BCUT2D eigenvalue weighted by atomic mass is 16.2. The lowest BCUT2D eigenvalue weighted by Gasteiger charge is -2.40. The Bertz CT molecular complexity index is 1000. The molecule has 1 aliphatic heterocycles. The van der Waals surface area contributed by atoms with E-state index in [1.165, 1.54) is 0 Å². The molecule has 0 saturated carbocycles. The smallest absolute Gasteiger partial charge is 0.254 e. The number of amides is 1. The molecular formula is C24H33N5O2. The average molecular weight is 424 g/mol. The van der Waals surface area contributed by atoms with Crippen LogP contribution in [0.4, 0.5) is 0 Å². The van der Waals surface area contributed by atoms with Gasteiger partial charge >= 0.3 is 0 Å². The van der Waals surface area contributed by atoms with E-state index in [1.54, 1.807) is 12.4 Å². The number of likely N-dealkylation sites (tertiary alicyclic amines) is 1. The Labute approximate surface area is 183 Å². The molecule has 1 fully saturated rings. The number of H-pyrrole nitrogens is 1. The summed E-state index contributed by atoms with van der Waals surface area (Å²) in [5.41, 5.74) is 2.74. The number of fused-ring (bicyclic) bond motifs is 2. The molecule has 166 valence electrons. The maximum atomic E-state index is 12.9. The third kappa shape index (κ3) is 4.42. The molecule has 3 heterocycles. The maximum absolute atomic E-state index is 12.9. The largest absolute Gasteiger partial charge is 0.342 e. The van der Waals surface area contributed by atoms with E-state index in [2.05, 4.69) is 30.7 Å². The molecule has 2 aliphatic rings. The summed E-state index contributed by atoms with van der Waals surface area (Å²) in [7, 11) is 1.97. The van der Waals surface area contributed by atoms with E-state index in [0.717, 1.165) is 68.0 Å². The lowest BCUT2D eigenvalue weighted by Crippen LogP contribution is -2.47. The standard InChI is InChI=1S/C24H33N5O2/c1-23(2,3)22-26-20-18(21(31)27-22)5-8-24(20)9-13-29(14-10-24)19(30)16-28(4)15-17-6-11-25-12-7-17/h6-7,11-12H,5,8-10,13-16H2,1-4H3,(H,26,27,31). The first-order valence-corrected chi connectivity index (χ1v) is 11.2. The number of hydrogen-bond acceptors (Lipinski definition) is 5. The Morgan fingerprint density at radius 1 is 1.19 bits per heavy atom. The second-order valence-corrected chi connectivity index (χ2v) is 10.2. The van der Waals surface area contributed by atoms with Gasteiger partial charge in [-0.3, -0.25) is 19.5 Å². The van der Waals surface area contributed by atoms with Crippen molar-refractivity contribution in [1.82, 2.24) is 24.8 Å². The topological polar surface area (TPSA) is 82.2 Å². The highest BCUT2D eigenvalue weighted by Crippen LogP contribution is 2.44. The van der Waals surface area contributed by atoms with Gasteiger partial charge in [0.2, 0.25) is 5.91 Å². The molecule has 2 aromatic rings. The average Bonchev–Trinajstić information content (AvgIpc) is 3.07. The number of nitrogens with zero attached hydrogens (tertiary/aromatic N) is 4. The monoisotopic (exact) mass is 423 g/mol. The van der Waals surface area contributed by atoms with Gasteiger partial charge in [-0.25, -0.2) is 4.98 Å². The molecular weight excluding hydrogens is 390 g/mol. The van der Waals surface area contributed by atoms with Crippen LogP contribution in [0.25, 0.3) is 0 Å². The Hall–Kier alpha value is -2.54. The molecule has 7 nitrogen and oxygen atoms in total. The number of likely N-dealkylation sites (N-methyl/N-ethyl adjacent to an activating group) is 1. The van der Waals surface area contributed by atoms with Crippen molar-refractivity contribution in [1.29, 1.82) is 0 Å². The molecule has 1 N–H and O–H groups in total. The predicted octanol–water partition coefficient (Wildman–Crippen LogP) is 2.40.